The van der Waals surface area contributed by atoms with Crippen LogP contribution >= 0.6 is 11.3 Å². The van der Waals surface area contributed by atoms with Gasteiger partial charge in [0.1, 0.15) is 0 Å². The molecular weight excluding hydrogens is 434 g/mol. The quantitative estimate of drug-likeness (QED) is 0.688. The van der Waals surface area contributed by atoms with E-state index in [0.717, 1.165) is 22.5 Å². The predicted octanol–water partition coefficient (Wildman–Crippen LogP) is 4.31. The lowest BCUT2D eigenvalue weighted by Gasteiger charge is -2.42. The van der Waals surface area contributed by atoms with Crippen molar-refractivity contribution in [2.45, 2.75) is 52.0 Å². The van der Waals surface area contributed by atoms with Crippen LogP contribution in [0.15, 0.2) is 41.8 Å². The molecule has 1 aromatic heterocycles. The number of benzene rings is 1. The van der Waals surface area contributed by atoms with E-state index in [2.05, 4.69) is 5.32 Å². The number of thiophene rings is 1. The van der Waals surface area contributed by atoms with Crippen molar-refractivity contribution in [3.8, 4) is 0 Å². The molecule has 3 amide bonds. The van der Waals surface area contributed by atoms with Gasteiger partial charge in [0, 0.05) is 42.5 Å². The van der Waals surface area contributed by atoms with Crippen LogP contribution in [0, 0.1) is 18.8 Å². The topological polar surface area (TPSA) is 69.7 Å². The summed E-state index contributed by atoms with van der Waals surface area (Å²) in [5.41, 5.74) is 1.97. The van der Waals surface area contributed by atoms with Gasteiger partial charge in [-0.1, -0.05) is 30.7 Å². The molecular formula is C26H33N3O3S. The summed E-state index contributed by atoms with van der Waals surface area (Å²) in [5, 5.41) is 4.99. The van der Waals surface area contributed by atoms with E-state index in [9.17, 15) is 14.4 Å². The lowest BCUT2D eigenvalue weighted by Crippen LogP contribution is -2.51. The predicted molar refractivity (Wildman–Crippen MR) is 131 cm³/mol. The van der Waals surface area contributed by atoms with Crippen molar-refractivity contribution in [3.63, 3.8) is 0 Å². The molecule has 2 atom stereocenters. The number of hydrogen-bond donors (Lipinski definition) is 1. The van der Waals surface area contributed by atoms with Gasteiger partial charge >= 0.3 is 0 Å². The largest absolute Gasteiger partial charge is 0.356 e. The molecule has 0 bridgehead atoms. The molecule has 2 fully saturated rings. The second kappa shape index (κ2) is 10.5. The van der Waals surface area contributed by atoms with Crippen molar-refractivity contribution in [1.82, 2.24) is 10.2 Å². The zero-order valence-electron chi connectivity index (χ0n) is 19.5. The molecule has 2 aromatic rings. The second-order valence-corrected chi connectivity index (χ2v) is 10.1. The van der Waals surface area contributed by atoms with E-state index in [1.165, 1.54) is 0 Å². The number of anilines is 1. The Morgan fingerprint density at radius 3 is 2.45 bits per heavy atom. The minimum atomic E-state index is -0.299. The number of piperidine rings is 2. The van der Waals surface area contributed by atoms with Gasteiger partial charge in [0.25, 0.3) is 0 Å². The number of carbonyl (C=O) groups excluding carboxylic acids is 3. The lowest BCUT2D eigenvalue weighted by molar-refractivity contribution is -0.141. The van der Waals surface area contributed by atoms with Crippen LogP contribution in [0.25, 0.3) is 0 Å². The Kier molecular flexibility index (Phi) is 7.48. The highest BCUT2D eigenvalue weighted by Gasteiger charge is 2.44. The fraction of sp³-hybridized carbons (Fsp3) is 0.500. The summed E-state index contributed by atoms with van der Waals surface area (Å²) < 4.78 is 0. The summed E-state index contributed by atoms with van der Waals surface area (Å²) >= 11 is 1.60. The molecule has 1 aromatic carbocycles. The van der Waals surface area contributed by atoms with Crippen LogP contribution in [-0.4, -0.2) is 42.3 Å². The van der Waals surface area contributed by atoms with E-state index < -0.39 is 0 Å². The molecule has 2 unspecified atom stereocenters. The van der Waals surface area contributed by atoms with Crippen LogP contribution in [0.1, 0.15) is 55.5 Å². The van der Waals surface area contributed by atoms with Crippen molar-refractivity contribution < 1.29 is 14.4 Å². The number of amides is 3. The number of carbonyl (C=O) groups is 3. The van der Waals surface area contributed by atoms with Crippen LogP contribution in [0.3, 0.4) is 0 Å². The van der Waals surface area contributed by atoms with Gasteiger partial charge in [-0.05, 0) is 56.2 Å². The Bertz CT molecular complexity index is 965. The summed E-state index contributed by atoms with van der Waals surface area (Å²) in [6.07, 6.45) is 3.23. The fourth-order valence-corrected chi connectivity index (χ4v) is 5.82. The van der Waals surface area contributed by atoms with Crippen molar-refractivity contribution in [1.29, 1.82) is 0 Å². The Morgan fingerprint density at radius 1 is 1.09 bits per heavy atom. The van der Waals surface area contributed by atoms with Gasteiger partial charge in [-0.25, -0.2) is 0 Å². The van der Waals surface area contributed by atoms with E-state index >= 15 is 0 Å². The molecule has 1 N–H and O–H groups in total. The summed E-state index contributed by atoms with van der Waals surface area (Å²) in [6.45, 7) is 5.95. The number of nitrogens with zero attached hydrogens (tertiary/aromatic N) is 2. The van der Waals surface area contributed by atoms with Gasteiger partial charge in [-0.2, -0.15) is 0 Å². The summed E-state index contributed by atoms with van der Waals surface area (Å²) in [7, 11) is 0. The van der Waals surface area contributed by atoms with Gasteiger partial charge in [-0.3, -0.25) is 14.4 Å². The molecule has 176 valence electrons. The van der Waals surface area contributed by atoms with Crippen molar-refractivity contribution >= 4 is 34.7 Å². The third-order valence-electron chi connectivity index (χ3n) is 6.79. The fourth-order valence-electron chi connectivity index (χ4n) is 4.94. The van der Waals surface area contributed by atoms with E-state index in [1.54, 1.807) is 11.3 Å². The Balaban J connectivity index is 1.53. The average molecular weight is 468 g/mol. The van der Waals surface area contributed by atoms with E-state index in [1.807, 2.05) is 65.4 Å². The first-order valence-electron chi connectivity index (χ1n) is 12.0. The molecule has 4 rings (SSSR count). The maximum atomic E-state index is 13.7. The first-order chi connectivity index (χ1) is 16.0. The molecule has 0 spiro atoms. The van der Waals surface area contributed by atoms with Crippen LogP contribution in [-0.2, 0) is 14.4 Å². The monoisotopic (exact) mass is 467 g/mol. The summed E-state index contributed by atoms with van der Waals surface area (Å²) in [5.74, 6) is -0.0361. The minimum absolute atomic E-state index is 0.0225. The van der Waals surface area contributed by atoms with Crippen molar-refractivity contribution in [2.75, 3.05) is 24.5 Å². The SMILES string of the molecule is CCCNC(=O)C1CCN(C(=O)C2CCC(=O)N(c3ccc(C)cc3)C2c2cccs2)CC1. The number of nitrogens with one attached hydrogen (secondary N) is 1. The molecule has 7 heteroatoms. The second-order valence-electron chi connectivity index (χ2n) is 9.10. The Hall–Kier alpha value is -2.67. The number of aryl methyl sites for hydroxylation is 1. The molecule has 3 heterocycles. The Labute approximate surface area is 200 Å². The normalized spacial score (nSPS) is 21.8. The van der Waals surface area contributed by atoms with Gasteiger partial charge in [0.2, 0.25) is 17.7 Å². The molecule has 2 aliphatic heterocycles. The van der Waals surface area contributed by atoms with Crippen molar-refractivity contribution in [3.05, 3.63) is 52.2 Å². The number of likely N-dealkylation sites (tertiary alicyclic amines) is 1. The zero-order valence-corrected chi connectivity index (χ0v) is 20.3. The zero-order chi connectivity index (χ0) is 23.4. The molecule has 0 radical (unpaired) electrons. The van der Waals surface area contributed by atoms with Gasteiger partial charge in [0.15, 0.2) is 0 Å². The van der Waals surface area contributed by atoms with Crippen LogP contribution < -0.4 is 10.2 Å². The van der Waals surface area contributed by atoms with Crippen LogP contribution in [0.2, 0.25) is 0 Å². The number of rotatable bonds is 6. The summed E-state index contributed by atoms with van der Waals surface area (Å²) in [6, 6.07) is 11.7. The first kappa shape index (κ1) is 23.5. The lowest BCUT2D eigenvalue weighted by atomic mass is 9.85. The van der Waals surface area contributed by atoms with Gasteiger partial charge in [0.05, 0.1) is 12.0 Å². The highest BCUT2D eigenvalue weighted by atomic mass is 32.1. The van der Waals surface area contributed by atoms with Crippen LogP contribution in [0.5, 0.6) is 0 Å². The molecule has 0 saturated carbocycles. The standard InChI is InChI=1S/C26H33N3O3S/c1-3-14-27-25(31)19-12-15-28(16-13-19)26(32)21-10-11-23(30)29(20-8-6-18(2)7-9-20)24(21)22-5-4-17-33-22/h4-9,17,19,21,24H,3,10-16H2,1-2H3,(H,27,31). The smallest absolute Gasteiger partial charge is 0.228 e. The first-order valence-corrected chi connectivity index (χ1v) is 12.9. The number of hydrogen-bond acceptors (Lipinski definition) is 4. The summed E-state index contributed by atoms with van der Waals surface area (Å²) in [4.78, 5) is 44.0. The average Bonchev–Trinajstić information content (AvgIpc) is 3.37. The van der Waals surface area contributed by atoms with E-state index in [0.29, 0.717) is 45.3 Å². The van der Waals surface area contributed by atoms with E-state index in [4.69, 9.17) is 0 Å². The van der Waals surface area contributed by atoms with Gasteiger partial charge in [-0.15, -0.1) is 11.3 Å². The highest BCUT2D eigenvalue weighted by molar-refractivity contribution is 7.10. The maximum absolute atomic E-state index is 13.7. The highest BCUT2D eigenvalue weighted by Crippen LogP contribution is 2.42. The molecule has 6 nitrogen and oxygen atoms in total. The molecule has 2 aliphatic rings. The minimum Gasteiger partial charge on any atom is -0.356 e. The molecule has 0 aliphatic carbocycles. The third kappa shape index (κ3) is 5.13. The Morgan fingerprint density at radius 2 is 1.82 bits per heavy atom. The molecule has 2 saturated heterocycles. The van der Waals surface area contributed by atoms with Crippen LogP contribution in [0.4, 0.5) is 5.69 Å². The third-order valence-corrected chi connectivity index (χ3v) is 7.73. The van der Waals surface area contributed by atoms with E-state index in [-0.39, 0.29) is 35.6 Å². The van der Waals surface area contributed by atoms with Gasteiger partial charge < -0.3 is 15.1 Å². The maximum Gasteiger partial charge on any atom is 0.228 e. The molecule has 33 heavy (non-hydrogen) atoms. The van der Waals surface area contributed by atoms with Crippen molar-refractivity contribution in [2.24, 2.45) is 11.8 Å².